The van der Waals surface area contributed by atoms with E-state index in [-0.39, 0.29) is 12.4 Å². The van der Waals surface area contributed by atoms with Crippen LogP contribution >= 0.6 is 15.9 Å². The Bertz CT molecular complexity index is 436. The molecule has 0 saturated heterocycles. The van der Waals surface area contributed by atoms with Crippen LogP contribution in [0.4, 0.5) is 4.39 Å². The number of rotatable bonds is 3. The van der Waals surface area contributed by atoms with E-state index in [0.29, 0.717) is 10.4 Å². The Labute approximate surface area is 116 Å². The van der Waals surface area contributed by atoms with Gasteiger partial charge < -0.3 is 5.11 Å². The van der Waals surface area contributed by atoms with Crippen LogP contribution in [0.25, 0.3) is 6.08 Å². The van der Waals surface area contributed by atoms with E-state index >= 15 is 0 Å². The molecule has 18 heavy (non-hydrogen) atoms. The first-order valence-electron chi connectivity index (χ1n) is 6.47. The summed E-state index contributed by atoms with van der Waals surface area (Å²) in [5, 5.41) is 9.49. The summed E-state index contributed by atoms with van der Waals surface area (Å²) >= 11 is 3.14. The van der Waals surface area contributed by atoms with Crippen molar-refractivity contribution in [2.24, 2.45) is 5.92 Å². The van der Waals surface area contributed by atoms with Gasteiger partial charge in [-0.15, -0.1) is 0 Å². The largest absolute Gasteiger partial charge is 0.392 e. The lowest BCUT2D eigenvalue weighted by Gasteiger charge is -2.23. The van der Waals surface area contributed by atoms with Crippen molar-refractivity contribution in [2.75, 3.05) is 6.61 Å². The standard InChI is InChI=1S/C15H18BrFO/c16-14-7-6-11(9-15(14)17)8-13(10-18)12-4-2-1-3-5-12/h6-9,12,18H,1-5,10H2/b13-8-. The fourth-order valence-corrected chi connectivity index (χ4v) is 2.83. The van der Waals surface area contributed by atoms with Crippen LogP contribution in [0.2, 0.25) is 0 Å². The Morgan fingerprint density at radius 2 is 2.06 bits per heavy atom. The molecule has 1 fully saturated rings. The molecule has 98 valence electrons. The van der Waals surface area contributed by atoms with Gasteiger partial charge in [0.15, 0.2) is 0 Å². The first-order valence-corrected chi connectivity index (χ1v) is 7.26. The lowest BCUT2D eigenvalue weighted by molar-refractivity contribution is 0.295. The molecule has 2 rings (SSSR count). The normalized spacial score (nSPS) is 18.1. The van der Waals surface area contributed by atoms with Crippen LogP contribution in [0.5, 0.6) is 0 Å². The van der Waals surface area contributed by atoms with Gasteiger partial charge in [0.2, 0.25) is 0 Å². The molecular formula is C15H18BrFO. The molecule has 1 aromatic rings. The van der Waals surface area contributed by atoms with Crippen molar-refractivity contribution < 1.29 is 9.50 Å². The Kier molecular flexibility index (Phi) is 4.95. The SMILES string of the molecule is OC/C(=C/c1ccc(Br)c(F)c1)C1CCCCC1. The van der Waals surface area contributed by atoms with Gasteiger partial charge in [0, 0.05) is 0 Å². The average Bonchev–Trinajstić information content (AvgIpc) is 2.41. The minimum absolute atomic E-state index is 0.0718. The van der Waals surface area contributed by atoms with Crippen molar-refractivity contribution in [2.45, 2.75) is 32.1 Å². The maximum Gasteiger partial charge on any atom is 0.137 e. The van der Waals surface area contributed by atoms with Gasteiger partial charge in [-0.05, 0) is 58.0 Å². The predicted molar refractivity (Wildman–Crippen MR) is 75.7 cm³/mol. The fraction of sp³-hybridized carbons (Fsp3) is 0.467. The van der Waals surface area contributed by atoms with Crippen LogP contribution in [0.3, 0.4) is 0 Å². The summed E-state index contributed by atoms with van der Waals surface area (Å²) in [6, 6.07) is 5.07. The summed E-state index contributed by atoms with van der Waals surface area (Å²) in [5.74, 6) is 0.208. The van der Waals surface area contributed by atoms with E-state index < -0.39 is 0 Å². The maximum atomic E-state index is 13.4. The van der Waals surface area contributed by atoms with Crippen molar-refractivity contribution in [3.63, 3.8) is 0 Å². The Hall–Kier alpha value is -0.670. The van der Waals surface area contributed by atoms with Crippen LogP contribution in [0, 0.1) is 11.7 Å². The van der Waals surface area contributed by atoms with E-state index in [1.54, 1.807) is 6.07 Å². The molecule has 0 aliphatic heterocycles. The minimum Gasteiger partial charge on any atom is -0.392 e. The molecule has 0 spiro atoms. The molecule has 0 heterocycles. The molecule has 3 heteroatoms. The van der Waals surface area contributed by atoms with Crippen molar-refractivity contribution in [3.05, 3.63) is 39.6 Å². The van der Waals surface area contributed by atoms with Crippen molar-refractivity contribution in [3.8, 4) is 0 Å². The molecule has 0 unspecified atom stereocenters. The zero-order valence-corrected chi connectivity index (χ0v) is 11.9. The van der Waals surface area contributed by atoms with Gasteiger partial charge >= 0.3 is 0 Å². The van der Waals surface area contributed by atoms with Gasteiger partial charge in [-0.25, -0.2) is 4.39 Å². The monoisotopic (exact) mass is 312 g/mol. The van der Waals surface area contributed by atoms with Gasteiger partial charge in [-0.3, -0.25) is 0 Å². The van der Waals surface area contributed by atoms with E-state index in [1.807, 2.05) is 12.1 Å². The molecule has 1 aromatic carbocycles. The Morgan fingerprint density at radius 1 is 1.33 bits per heavy atom. The molecular weight excluding hydrogens is 295 g/mol. The minimum atomic E-state index is -0.260. The highest BCUT2D eigenvalue weighted by Gasteiger charge is 2.17. The average molecular weight is 313 g/mol. The van der Waals surface area contributed by atoms with Gasteiger partial charge in [0.25, 0.3) is 0 Å². The summed E-state index contributed by atoms with van der Waals surface area (Å²) in [6.45, 7) is 0.0718. The molecule has 1 N–H and O–H groups in total. The molecule has 0 bridgehead atoms. The zero-order valence-electron chi connectivity index (χ0n) is 10.3. The molecule has 1 nitrogen and oxygen atoms in total. The van der Waals surface area contributed by atoms with Crippen LogP contribution in [0.1, 0.15) is 37.7 Å². The van der Waals surface area contributed by atoms with E-state index in [4.69, 9.17) is 0 Å². The van der Waals surface area contributed by atoms with Crippen LogP contribution < -0.4 is 0 Å². The highest BCUT2D eigenvalue weighted by molar-refractivity contribution is 9.10. The molecule has 1 aliphatic rings. The second kappa shape index (κ2) is 6.48. The lowest BCUT2D eigenvalue weighted by atomic mass is 9.83. The van der Waals surface area contributed by atoms with Crippen molar-refractivity contribution >= 4 is 22.0 Å². The summed E-state index contributed by atoms with van der Waals surface area (Å²) in [6.07, 6.45) is 7.98. The smallest absolute Gasteiger partial charge is 0.137 e. The third-order valence-corrected chi connectivity index (χ3v) is 4.25. The fourth-order valence-electron chi connectivity index (χ4n) is 2.58. The first-order chi connectivity index (χ1) is 8.70. The lowest BCUT2D eigenvalue weighted by Crippen LogP contribution is -2.11. The molecule has 0 aromatic heterocycles. The summed E-state index contributed by atoms with van der Waals surface area (Å²) in [7, 11) is 0. The highest BCUT2D eigenvalue weighted by Crippen LogP contribution is 2.31. The second-order valence-electron chi connectivity index (χ2n) is 4.89. The number of benzene rings is 1. The van der Waals surface area contributed by atoms with E-state index in [2.05, 4.69) is 15.9 Å². The van der Waals surface area contributed by atoms with Gasteiger partial charge in [-0.2, -0.15) is 0 Å². The number of hydrogen-bond acceptors (Lipinski definition) is 1. The Balaban J connectivity index is 2.19. The maximum absolute atomic E-state index is 13.4. The van der Waals surface area contributed by atoms with Gasteiger partial charge in [-0.1, -0.05) is 31.4 Å². The molecule has 1 saturated carbocycles. The van der Waals surface area contributed by atoms with Gasteiger partial charge in [0.1, 0.15) is 5.82 Å². The molecule has 0 atom stereocenters. The van der Waals surface area contributed by atoms with Crippen LogP contribution in [-0.2, 0) is 0 Å². The topological polar surface area (TPSA) is 20.2 Å². The van der Waals surface area contributed by atoms with E-state index in [9.17, 15) is 9.50 Å². The summed E-state index contributed by atoms with van der Waals surface area (Å²) < 4.78 is 13.9. The quantitative estimate of drug-likeness (QED) is 0.868. The summed E-state index contributed by atoms with van der Waals surface area (Å²) in [4.78, 5) is 0. The predicted octanol–water partition coefficient (Wildman–Crippen LogP) is 4.54. The number of hydrogen-bond donors (Lipinski definition) is 1. The van der Waals surface area contributed by atoms with Crippen LogP contribution in [0.15, 0.2) is 28.2 Å². The highest BCUT2D eigenvalue weighted by atomic mass is 79.9. The number of halogens is 2. The van der Waals surface area contributed by atoms with E-state index in [0.717, 1.165) is 24.0 Å². The first kappa shape index (κ1) is 13.8. The van der Waals surface area contributed by atoms with E-state index in [1.165, 1.54) is 25.3 Å². The van der Waals surface area contributed by atoms with Crippen molar-refractivity contribution in [1.29, 1.82) is 0 Å². The molecule has 0 radical (unpaired) electrons. The molecule has 0 amide bonds. The third kappa shape index (κ3) is 3.42. The zero-order chi connectivity index (χ0) is 13.0. The number of aliphatic hydroxyl groups excluding tert-OH is 1. The van der Waals surface area contributed by atoms with Crippen LogP contribution in [-0.4, -0.2) is 11.7 Å². The second-order valence-corrected chi connectivity index (χ2v) is 5.74. The number of aliphatic hydroxyl groups is 1. The summed E-state index contributed by atoms with van der Waals surface area (Å²) in [5.41, 5.74) is 1.86. The molecule has 1 aliphatic carbocycles. The van der Waals surface area contributed by atoms with Crippen molar-refractivity contribution in [1.82, 2.24) is 0 Å². The third-order valence-electron chi connectivity index (χ3n) is 3.61. The van der Waals surface area contributed by atoms with Gasteiger partial charge in [0.05, 0.1) is 11.1 Å². The Morgan fingerprint density at radius 3 is 2.67 bits per heavy atom.